The Hall–Kier alpha value is -0.560. The summed E-state index contributed by atoms with van der Waals surface area (Å²) in [6.45, 7) is 2.18. The van der Waals surface area contributed by atoms with Crippen molar-refractivity contribution in [1.29, 1.82) is 0 Å². The summed E-state index contributed by atoms with van der Waals surface area (Å²) in [4.78, 5) is 0. The van der Waals surface area contributed by atoms with E-state index in [1.807, 2.05) is 12.1 Å². The van der Waals surface area contributed by atoms with E-state index in [0.717, 1.165) is 12.8 Å². The van der Waals surface area contributed by atoms with Gasteiger partial charge in [-0.15, -0.1) is 11.6 Å². The van der Waals surface area contributed by atoms with Gasteiger partial charge in [0, 0.05) is 5.38 Å². The fraction of sp³-hybridized carbons (Fsp3) is 0.500. The maximum absolute atomic E-state index is 12.7. The molecule has 2 rings (SSSR count). The van der Waals surface area contributed by atoms with Gasteiger partial charge in [-0.2, -0.15) is 0 Å². The fourth-order valence-electron chi connectivity index (χ4n) is 2.30. The van der Waals surface area contributed by atoms with Crippen LogP contribution in [0.4, 0.5) is 4.39 Å². The average molecular weight is 213 g/mol. The van der Waals surface area contributed by atoms with E-state index in [2.05, 4.69) is 6.92 Å². The van der Waals surface area contributed by atoms with Crippen LogP contribution in [-0.4, -0.2) is 5.38 Å². The zero-order valence-corrected chi connectivity index (χ0v) is 8.97. The number of hydrogen-bond acceptors (Lipinski definition) is 0. The molecule has 3 unspecified atom stereocenters. The zero-order valence-electron chi connectivity index (χ0n) is 8.21. The Balaban J connectivity index is 2.19. The summed E-state index contributed by atoms with van der Waals surface area (Å²) in [5.74, 6) is 0.849. The van der Waals surface area contributed by atoms with E-state index in [4.69, 9.17) is 11.6 Å². The van der Waals surface area contributed by atoms with E-state index in [1.54, 1.807) is 0 Å². The minimum atomic E-state index is -0.165. The third-order valence-electron chi connectivity index (χ3n) is 3.26. The normalized spacial score (nSPS) is 32.1. The molecule has 0 spiro atoms. The molecular weight excluding hydrogens is 199 g/mol. The quantitative estimate of drug-likeness (QED) is 0.619. The van der Waals surface area contributed by atoms with Crippen LogP contribution in [0.5, 0.6) is 0 Å². The molecule has 0 radical (unpaired) electrons. The van der Waals surface area contributed by atoms with Crippen molar-refractivity contribution in [2.45, 2.75) is 31.1 Å². The molecule has 2 heteroatoms. The number of rotatable bonds is 1. The van der Waals surface area contributed by atoms with Crippen LogP contribution < -0.4 is 0 Å². The monoisotopic (exact) mass is 212 g/mol. The highest BCUT2D eigenvalue weighted by Gasteiger charge is 2.32. The van der Waals surface area contributed by atoms with Crippen molar-refractivity contribution in [1.82, 2.24) is 0 Å². The first-order valence-corrected chi connectivity index (χ1v) is 5.51. The summed E-state index contributed by atoms with van der Waals surface area (Å²) in [5.41, 5.74) is 1.22. The maximum atomic E-state index is 12.7. The van der Waals surface area contributed by atoms with E-state index >= 15 is 0 Å². The molecule has 1 saturated carbocycles. The Labute approximate surface area is 89.1 Å². The molecule has 0 nitrogen and oxygen atoms in total. The van der Waals surface area contributed by atoms with E-state index < -0.39 is 0 Å². The molecule has 1 fully saturated rings. The van der Waals surface area contributed by atoms with Crippen molar-refractivity contribution in [2.24, 2.45) is 5.92 Å². The van der Waals surface area contributed by atoms with Gasteiger partial charge in [-0.3, -0.25) is 0 Å². The first kappa shape index (κ1) is 9.97. The topological polar surface area (TPSA) is 0 Å². The highest BCUT2D eigenvalue weighted by molar-refractivity contribution is 6.21. The van der Waals surface area contributed by atoms with Crippen molar-refractivity contribution >= 4 is 11.6 Å². The van der Waals surface area contributed by atoms with Gasteiger partial charge in [0.25, 0.3) is 0 Å². The van der Waals surface area contributed by atoms with Crippen LogP contribution >= 0.6 is 11.6 Å². The first-order chi connectivity index (χ1) is 6.68. The van der Waals surface area contributed by atoms with Gasteiger partial charge in [-0.1, -0.05) is 19.1 Å². The molecule has 14 heavy (non-hydrogen) atoms. The van der Waals surface area contributed by atoms with Crippen LogP contribution in [0.15, 0.2) is 24.3 Å². The second-order valence-electron chi connectivity index (χ2n) is 4.11. The summed E-state index contributed by atoms with van der Waals surface area (Å²) in [6.07, 6.45) is 2.20. The summed E-state index contributed by atoms with van der Waals surface area (Å²) >= 11 is 6.16. The molecule has 0 saturated heterocycles. The van der Waals surface area contributed by atoms with E-state index in [9.17, 15) is 4.39 Å². The van der Waals surface area contributed by atoms with Crippen LogP contribution in [-0.2, 0) is 0 Å². The highest BCUT2D eigenvalue weighted by atomic mass is 35.5. The van der Waals surface area contributed by atoms with Gasteiger partial charge in [-0.25, -0.2) is 4.39 Å². The minimum Gasteiger partial charge on any atom is -0.207 e. The van der Waals surface area contributed by atoms with Crippen molar-refractivity contribution in [3.63, 3.8) is 0 Å². The molecule has 76 valence electrons. The number of benzene rings is 1. The molecule has 1 aromatic rings. The fourth-order valence-corrected chi connectivity index (χ4v) is 2.60. The number of halogens is 2. The SMILES string of the molecule is CC1C(Cl)CCC1c1ccc(F)cc1. The Morgan fingerprint density at radius 2 is 1.86 bits per heavy atom. The van der Waals surface area contributed by atoms with Gasteiger partial charge in [0.15, 0.2) is 0 Å². The smallest absolute Gasteiger partial charge is 0.123 e. The number of hydrogen-bond donors (Lipinski definition) is 0. The second kappa shape index (κ2) is 3.90. The largest absolute Gasteiger partial charge is 0.207 e. The summed E-state index contributed by atoms with van der Waals surface area (Å²) < 4.78 is 12.7. The predicted molar refractivity (Wildman–Crippen MR) is 57.2 cm³/mol. The lowest BCUT2D eigenvalue weighted by molar-refractivity contribution is 0.536. The molecule has 0 aromatic heterocycles. The van der Waals surface area contributed by atoms with Gasteiger partial charge >= 0.3 is 0 Å². The highest BCUT2D eigenvalue weighted by Crippen LogP contribution is 2.41. The summed E-state index contributed by atoms with van der Waals surface area (Å²) in [7, 11) is 0. The van der Waals surface area contributed by atoms with Gasteiger partial charge in [0.05, 0.1) is 0 Å². The van der Waals surface area contributed by atoms with Crippen LogP contribution in [0.1, 0.15) is 31.2 Å². The van der Waals surface area contributed by atoms with Crippen molar-refractivity contribution in [2.75, 3.05) is 0 Å². The Morgan fingerprint density at radius 1 is 1.21 bits per heavy atom. The third kappa shape index (κ3) is 1.78. The Bertz CT molecular complexity index is 307. The van der Waals surface area contributed by atoms with E-state index in [-0.39, 0.29) is 11.2 Å². The Kier molecular flexibility index (Phi) is 2.78. The molecule has 1 aromatic carbocycles. The van der Waals surface area contributed by atoms with Crippen molar-refractivity contribution < 1.29 is 4.39 Å². The minimum absolute atomic E-state index is 0.165. The van der Waals surface area contributed by atoms with Crippen LogP contribution in [0.2, 0.25) is 0 Å². The lowest BCUT2D eigenvalue weighted by Gasteiger charge is -2.17. The predicted octanol–water partition coefficient (Wildman–Crippen LogP) is 3.95. The molecule has 0 heterocycles. The first-order valence-electron chi connectivity index (χ1n) is 5.08. The molecule has 0 amide bonds. The lowest BCUT2D eigenvalue weighted by atomic mass is 9.90. The molecule has 0 bridgehead atoms. The van der Waals surface area contributed by atoms with Crippen LogP contribution in [0.25, 0.3) is 0 Å². The maximum Gasteiger partial charge on any atom is 0.123 e. The third-order valence-corrected chi connectivity index (χ3v) is 3.87. The van der Waals surface area contributed by atoms with Gasteiger partial charge < -0.3 is 0 Å². The number of alkyl halides is 1. The van der Waals surface area contributed by atoms with E-state index in [1.165, 1.54) is 17.7 Å². The molecule has 0 N–H and O–H groups in total. The van der Waals surface area contributed by atoms with E-state index in [0.29, 0.717) is 11.8 Å². The lowest BCUT2D eigenvalue weighted by Crippen LogP contribution is -2.09. The van der Waals surface area contributed by atoms with Crippen LogP contribution in [0.3, 0.4) is 0 Å². The van der Waals surface area contributed by atoms with Gasteiger partial charge in [0.1, 0.15) is 5.82 Å². The second-order valence-corrected chi connectivity index (χ2v) is 4.67. The molecule has 1 aliphatic carbocycles. The van der Waals surface area contributed by atoms with Gasteiger partial charge in [-0.05, 0) is 42.4 Å². The molecular formula is C12H14ClF. The Morgan fingerprint density at radius 3 is 2.36 bits per heavy atom. The standard InChI is InChI=1S/C12H14ClF/c1-8-11(6-7-12(8)13)9-2-4-10(14)5-3-9/h2-5,8,11-12H,6-7H2,1H3. The van der Waals surface area contributed by atoms with Gasteiger partial charge in [0.2, 0.25) is 0 Å². The van der Waals surface area contributed by atoms with Crippen LogP contribution in [0, 0.1) is 11.7 Å². The summed E-state index contributed by atoms with van der Waals surface area (Å²) in [6, 6.07) is 6.82. The van der Waals surface area contributed by atoms with Crippen molar-refractivity contribution in [3.05, 3.63) is 35.6 Å². The summed E-state index contributed by atoms with van der Waals surface area (Å²) in [5, 5.41) is 0.282. The molecule has 0 aliphatic heterocycles. The zero-order chi connectivity index (χ0) is 10.1. The molecule has 3 atom stereocenters. The van der Waals surface area contributed by atoms with Crippen molar-refractivity contribution in [3.8, 4) is 0 Å². The molecule has 1 aliphatic rings. The average Bonchev–Trinajstić information content (AvgIpc) is 2.50.